The van der Waals surface area contributed by atoms with E-state index in [9.17, 15) is 9.50 Å². The first kappa shape index (κ1) is 22.6. The molecule has 4 aromatic rings. The number of nitrogens with zero attached hydrogens (tertiary/aromatic N) is 2. The Labute approximate surface area is 196 Å². The van der Waals surface area contributed by atoms with E-state index in [1.807, 2.05) is 79.7 Å². The zero-order chi connectivity index (χ0) is 22.7. The third-order valence-corrected chi connectivity index (χ3v) is 6.34. The van der Waals surface area contributed by atoms with Crippen LogP contribution in [0.4, 0.5) is 4.39 Å². The van der Waals surface area contributed by atoms with Crippen LogP contribution in [0.5, 0.6) is 0 Å². The largest absolute Gasteiger partial charge is 0.384 e. The molecule has 0 aliphatic heterocycles. The second kappa shape index (κ2) is 9.49. The molecule has 0 saturated carbocycles. The number of aliphatic hydroxyl groups is 1. The molecule has 5 heteroatoms. The molecule has 0 aliphatic carbocycles. The molecule has 0 aliphatic rings. The van der Waals surface area contributed by atoms with Gasteiger partial charge in [0.25, 0.3) is 0 Å². The lowest BCUT2D eigenvalue weighted by atomic mass is 9.73. The molecule has 4 rings (SSSR count). The average Bonchev–Trinajstić information content (AvgIpc) is 2.78. The Kier molecular flexibility index (Phi) is 6.70. The summed E-state index contributed by atoms with van der Waals surface area (Å²) in [6.45, 7) is 0.636. The van der Waals surface area contributed by atoms with Crippen LogP contribution < -0.4 is 0 Å². The maximum Gasteiger partial charge on any atom is 0.123 e. The Morgan fingerprint density at radius 2 is 1.75 bits per heavy atom. The first-order valence-corrected chi connectivity index (χ1v) is 11.4. The van der Waals surface area contributed by atoms with Crippen molar-refractivity contribution in [3.63, 3.8) is 0 Å². The molecule has 32 heavy (non-hydrogen) atoms. The van der Waals surface area contributed by atoms with Gasteiger partial charge in [0.1, 0.15) is 11.4 Å². The van der Waals surface area contributed by atoms with Crippen LogP contribution in [0.25, 0.3) is 10.9 Å². The van der Waals surface area contributed by atoms with Crippen LogP contribution in [-0.2, 0) is 5.60 Å². The monoisotopic (exact) mass is 492 g/mol. The molecule has 0 amide bonds. The van der Waals surface area contributed by atoms with Crippen molar-refractivity contribution in [2.45, 2.75) is 17.9 Å². The predicted octanol–water partition coefficient (Wildman–Crippen LogP) is 6.11. The maximum absolute atomic E-state index is 14.3. The highest BCUT2D eigenvalue weighted by Gasteiger charge is 2.41. The van der Waals surface area contributed by atoms with Gasteiger partial charge >= 0.3 is 0 Å². The zero-order valence-electron chi connectivity index (χ0n) is 18.2. The van der Waals surface area contributed by atoms with Gasteiger partial charge in [0.15, 0.2) is 0 Å². The van der Waals surface area contributed by atoms with Gasteiger partial charge in [-0.1, -0.05) is 64.5 Å². The van der Waals surface area contributed by atoms with E-state index in [4.69, 9.17) is 4.98 Å². The van der Waals surface area contributed by atoms with Crippen molar-refractivity contribution < 1.29 is 9.50 Å². The van der Waals surface area contributed by atoms with Gasteiger partial charge in [-0.15, -0.1) is 0 Å². The fourth-order valence-electron chi connectivity index (χ4n) is 4.22. The third kappa shape index (κ3) is 4.75. The summed E-state index contributed by atoms with van der Waals surface area (Å²) in [6, 6.07) is 26.1. The average molecular weight is 493 g/mol. The highest BCUT2D eigenvalue weighted by molar-refractivity contribution is 9.10. The molecule has 1 unspecified atom stereocenters. The van der Waals surface area contributed by atoms with Crippen LogP contribution in [0, 0.1) is 5.82 Å². The summed E-state index contributed by atoms with van der Waals surface area (Å²) in [5, 5.41) is 13.3. The molecule has 0 spiro atoms. The molecule has 0 fully saturated rings. The van der Waals surface area contributed by atoms with Crippen molar-refractivity contribution in [1.29, 1.82) is 0 Å². The van der Waals surface area contributed by atoms with Crippen LogP contribution in [0.3, 0.4) is 0 Å². The summed E-state index contributed by atoms with van der Waals surface area (Å²) < 4.78 is 15.3. The molecule has 0 radical (unpaired) electrons. The SMILES string of the molecule is CN(C)CC[C@](O)(c1cccc(F)c1)C(c1ccccc1)c1ccc2cc(Br)ccc2n1. The van der Waals surface area contributed by atoms with E-state index in [2.05, 4.69) is 15.9 Å². The van der Waals surface area contributed by atoms with Crippen molar-refractivity contribution in [2.24, 2.45) is 0 Å². The number of aromatic nitrogens is 1. The number of hydrogen-bond acceptors (Lipinski definition) is 3. The Morgan fingerprint density at radius 3 is 2.47 bits per heavy atom. The topological polar surface area (TPSA) is 36.4 Å². The fourth-order valence-corrected chi connectivity index (χ4v) is 4.60. The molecular weight excluding hydrogens is 467 g/mol. The Morgan fingerprint density at radius 1 is 0.969 bits per heavy atom. The van der Waals surface area contributed by atoms with E-state index in [0.29, 0.717) is 18.5 Å². The van der Waals surface area contributed by atoms with E-state index in [1.165, 1.54) is 12.1 Å². The molecule has 0 saturated heterocycles. The van der Waals surface area contributed by atoms with E-state index in [1.54, 1.807) is 12.1 Å². The summed E-state index contributed by atoms with van der Waals surface area (Å²) in [5.74, 6) is -0.840. The molecule has 3 nitrogen and oxygen atoms in total. The summed E-state index contributed by atoms with van der Waals surface area (Å²) in [5.41, 5.74) is 1.72. The van der Waals surface area contributed by atoms with Gasteiger partial charge in [-0.2, -0.15) is 0 Å². The lowest BCUT2D eigenvalue weighted by molar-refractivity contribution is 0.00322. The maximum atomic E-state index is 14.3. The normalized spacial score (nSPS) is 14.4. The minimum absolute atomic E-state index is 0.367. The second-order valence-electron chi connectivity index (χ2n) is 8.40. The van der Waals surface area contributed by atoms with Gasteiger partial charge in [0, 0.05) is 16.4 Å². The molecule has 164 valence electrons. The Bertz CT molecular complexity index is 1210. The molecule has 2 atom stereocenters. The second-order valence-corrected chi connectivity index (χ2v) is 9.32. The van der Waals surface area contributed by atoms with E-state index < -0.39 is 11.5 Å². The highest BCUT2D eigenvalue weighted by atomic mass is 79.9. The van der Waals surface area contributed by atoms with Gasteiger partial charge in [-0.25, -0.2) is 4.39 Å². The Balaban J connectivity index is 1.93. The van der Waals surface area contributed by atoms with Gasteiger partial charge in [0.2, 0.25) is 0 Å². The summed E-state index contributed by atoms with van der Waals surface area (Å²) >= 11 is 3.51. The fraction of sp³-hybridized carbons (Fsp3) is 0.222. The van der Waals surface area contributed by atoms with Crippen LogP contribution in [0.15, 0.2) is 89.4 Å². The molecule has 1 aromatic heterocycles. The standard InChI is InChI=1S/C27H26BrFN2O/c1-31(2)16-15-27(32,21-9-6-10-23(29)18-21)26(19-7-4-3-5-8-19)25-13-11-20-17-22(28)12-14-24(20)30-25/h3-14,17-18,26,32H,15-16H2,1-2H3/t26?,27-/m0/s1. The van der Waals surface area contributed by atoms with Crippen molar-refractivity contribution >= 4 is 26.8 Å². The lowest BCUT2D eigenvalue weighted by Gasteiger charge is -2.38. The minimum atomic E-state index is -1.36. The molecule has 3 aromatic carbocycles. The summed E-state index contributed by atoms with van der Waals surface area (Å²) in [7, 11) is 3.94. The molecule has 0 bridgehead atoms. The van der Waals surface area contributed by atoms with Gasteiger partial charge in [-0.05, 0) is 68.0 Å². The first-order valence-electron chi connectivity index (χ1n) is 10.6. The van der Waals surface area contributed by atoms with E-state index >= 15 is 0 Å². The summed E-state index contributed by atoms with van der Waals surface area (Å²) in [4.78, 5) is 6.97. The van der Waals surface area contributed by atoms with Crippen molar-refractivity contribution in [3.8, 4) is 0 Å². The van der Waals surface area contributed by atoms with Gasteiger partial charge in [-0.3, -0.25) is 4.98 Å². The number of halogens is 2. The minimum Gasteiger partial charge on any atom is -0.384 e. The summed E-state index contributed by atoms with van der Waals surface area (Å²) in [6.07, 6.45) is 0.420. The third-order valence-electron chi connectivity index (χ3n) is 5.84. The zero-order valence-corrected chi connectivity index (χ0v) is 19.8. The highest BCUT2D eigenvalue weighted by Crippen LogP contribution is 2.44. The lowest BCUT2D eigenvalue weighted by Crippen LogP contribution is -2.38. The number of fused-ring (bicyclic) bond motifs is 1. The number of benzene rings is 3. The molecule has 1 N–H and O–H groups in total. The van der Waals surface area contributed by atoms with Crippen LogP contribution in [-0.4, -0.2) is 35.6 Å². The van der Waals surface area contributed by atoms with E-state index in [-0.39, 0.29) is 5.82 Å². The van der Waals surface area contributed by atoms with Crippen molar-refractivity contribution in [2.75, 3.05) is 20.6 Å². The first-order chi connectivity index (χ1) is 15.4. The predicted molar refractivity (Wildman–Crippen MR) is 131 cm³/mol. The van der Waals surface area contributed by atoms with Crippen molar-refractivity contribution in [1.82, 2.24) is 9.88 Å². The van der Waals surface area contributed by atoms with Gasteiger partial charge in [0.05, 0.1) is 17.1 Å². The number of pyridine rings is 1. The van der Waals surface area contributed by atoms with E-state index in [0.717, 1.165) is 26.6 Å². The smallest absolute Gasteiger partial charge is 0.123 e. The van der Waals surface area contributed by atoms with Gasteiger partial charge < -0.3 is 10.0 Å². The van der Waals surface area contributed by atoms with Crippen LogP contribution >= 0.6 is 15.9 Å². The number of hydrogen-bond donors (Lipinski definition) is 1. The molecule has 1 heterocycles. The van der Waals surface area contributed by atoms with Crippen LogP contribution in [0.1, 0.15) is 29.2 Å². The quantitative estimate of drug-likeness (QED) is 0.338. The Hall–Kier alpha value is -2.60. The molecular formula is C27H26BrFN2O. The van der Waals surface area contributed by atoms with Crippen molar-refractivity contribution in [3.05, 3.63) is 112 Å². The van der Waals surface area contributed by atoms with Crippen LogP contribution in [0.2, 0.25) is 0 Å². The number of rotatable bonds is 7.